The normalized spacial score (nSPS) is 20.3. The third-order valence-corrected chi connectivity index (χ3v) is 3.07. The van der Waals surface area contributed by atoms with Gasteiger partial charge in [-0.1, -0.05) is 0 Å². The van der Waals surface area contributed by atoms with Gasteiger partial charge in [0, 0.05) is 20.1 Å². The monoisotopic (exact) mass is 242 g/mol. The first kappa shape index (κ1) is 13.9. The van der Waals surface area contributed by atoms with Crippen LogP contribution in [0.2, 0.25) is 0 Å². The molecule has 2 amide bonds. The summed E-state index contributed by atoms with van der Waals surface area (Å²) in [5.74, 6) is 0.174. The number of carbonyl (C=O) groups excluding carboxylic acids is 2. The van der Waals surface area contributed by atoms with Crippen molar-refractivity contribution < 1.29 is 9.59 Å². The highest BCUT2D eigenvalue weighted by molar-refractivity contribution is 5.85. The molecule has 1 unspecified atom stereocenters. The highest BCUT2D eigenvalue weighted by Crippen LogP contribution is 2.14. The highest BCUT2D eigenvalue weighted by atomic mass is 16.2. The van der Waals surface area contributed by atoms with Gasteiger partial charge in [0.25, 0.3) is 0 Å². The minimum Gasteiger partial charge on any atom is -0.346 e. The number of nitrogens with zero attached hydrogens (tertiary/aromatic N) is 2. The fourth-order valence-corrected chi connectivity index (χ4v) is 2.05. The number of amides is 2. The molecule has 1 rings (SSSR count). The zero-order chi connectivity index (χ0) is 12.8. The number of rotatable bonds is 5. The summed E-state index contributed by atoms with van der Waals surface area (Å²) >= 11 is 0. The van der Waals surface area contributed by atoms with Crippen LogP contribution < -0.4 is 11.1 Å². The van der Waals surface area contributed by atoms with Crippen LogP contribution in [-0.4, -0.2) is 68.4 Å². The van der Waals surface area contributed by atoms with Gasteiger partial charge in [0.2, 0.25) is 11.8 Å². The van der Waals surface area contributed by atoms with E-state index in [1.165, 1.54) is 0 Å². The zero-order valence-corrected chi connectivity index (χ0v) is 10.6. The molecule has 0 radical (unpaired) electrons. The standard InChI is InChI=1S/C11H22N4O2/c1-14-4-3-9(7-14)8-15(2)11(17)6-13-10(16)5-12/h9H,3-8,12H2,1-2H3,(H,13,16). The molecule has 1 saturated heterocycles. The summed E-state index contributed by atoms with van der Waals surface area (Å²) in [7, 11) is 3.86. The number of carbonyl (C=O) groups is 2. The third-order valence-electron chi connectivity index (χ3n) is 3.07. The van der Waals surface area contributed by atoms with E-state index in [1.54, 1.807) is 11.9 Å². The maximum atomic E-state index is 11.7. The SMILES string of the molecule is CN1CCC(CN(C)C(=O)CNC(=O)CN)C1. The third kappa shape index (κ3) is 4.70. The molecule has 6 nitrogen and oxygen atoms in total. The minimum atomic E-state index is -0.299. The molecule has 17 heavy (non-hydrogen) atoms. The summed E-state index contributed by atoms with van der Waals surface area (Å²) in [6.07, 6.45) is 1.13. The van der Waals surface area contributed by atoms with E-state index in [2.05, 4.69) is 17.3 Å². The summed E-state index contributed by atoms with van der Waals surface area (Å²) < 4.78 is 0. The molecular formula is C11H22N4O2. The van der Waals surface area contributed by atoms with Crippen molar-refractivity contribution in [2.45, 2.75) is 6.42 Å². The van der Waals surface area contributed by atoms with E-state index in [9.17, 15) is 9.59 Å². The van der Waals surface area contributed by atoms with Gasteiger partial charge in [0.15, 0.2) is 0 Å². The molecule has 0 aromatic rings. The Kier molecular flexibility index (Phi) is 5.37. The Morgan fingerprint density at radius 2 is 2.24 bits per heavy atom. The molecule has 0 saturated carbocycles. The number of hydrogen-bond donors (Lipinski definition) is 2. The summed E-state index contributed by atoms with van der Waals surface area (Å²) in [5, 5.41) is 2.48. The Balaban J connectivity index is 2.24. The number of likely N-dealkylation sites (tertiary alicyclic amines) is 1. The lowest BCUT2D eigenvalue weighted by atomic mass is 10.1. The van der Waals surface area contributed by atoms with Crippen molar-refractivity contribution in [2.75, 3.05) is 46.8 Å². The predicted octanol–water partition coefficient (Wildman–Crippen LogP) is -1.53. The van der Waals surface area contributed by atoms with E-state index in [4.69, 9.17) is 5.73 Å². The van der Waals surface area contributed by atoms with Gasteiger partial charge < -0.3 is 20.9 Å². The first-order chi connectivity index (χ1) is 8.02. The van der Waals surface area contributed by atoms with E-state index in [0.717, 1.165) is 26.1 Å². The van der Waals surface area contributed by atoms with Crippen molar-refractivity contribution in [1.29, 1.82) is 0 Å². The van der Waals surface area contributed by atoms with Gasteiger partial charge in [-0.15, -0.1) is 0 Å². The van der Waals surface area contributed by atoms with E-state index in [1.807, 2.05) is 0 Å². The lowest BCUT2D eigenvalue weighted by molar-refractivity contribution is -0.131. The summed E-state index contributed by atoms with van der Waals surface area (Å²) in [6.45, 7) is 2.84. The highest BCUT2D eigenvalue weighted by Gasteiger charge is 2.22. The molecule has 0 aliphatic carbocycles. The Labute approximate surface area is 102 Å². The molecule has 1 atom stereocenters. The van der Waals surface area contributed by atoms with Crippen LogP contribution in [0, 0.1) is 5.92 Å². The Bertz CT molecular complexity index is 283. The first-order valence-corrected chi connectivity index (χ1v) is 5.92. The fourth-order valence-electron chi connectivity index (χ4n) is 2.05. The molecule has 1 fully saturated rings. The van der Waals surface area contributed by atoms with Gasteiger partial charge in [-0.2, -0.15) is 0 Å². The predicted molar refractivity (Wildman–Crippen MR) is 65.3 cm³/mol. The van der Waals surface area contributed by atoms with Crippen molar-refractivity contribution in [3.05, 3.63) is 0 Å². The largest absolute Gasteiger partial charge is 0.346 e. The Morgan fingerprint density at radius 1 is 1.53 bits per heavy atom. The smallest absolute Gasteiger partial charge is 0.241 e. The topological polar surface area (TPSA) is 78.7 Å². The lowest BCUT2D eigenvalue weighted by Crippen LogP contribution is -2.42. The van der Waals surface area contributed by atoms with Crippen molar-refractivity contribution >= 4 is 11.8 Å². The van der Waals surface area contributed by atoms with Crippen molar-refractivity contribution in [2.24, 2.45) is 11.7 Å². The quantitative estimate of drug-likeness (QED) is 0.613. The number of likely N-dealkylation sites (N-methyl/N-ethyl adjacent to an activating group) is 1. The molecule has 0 aromatic heterocycles. The molecule has 1 aliphatic rings. The Hall–Kier alpha value is -1.14. The second-order valence-corrected chi connectivity index (χ2v) is 4.67. The van der Waals surface area contributed by atoms with Crippen LogP contribution in [0.1, 0.15) is 6.42 Å². The van der Waals surface area contributed by atoms with E-state index in [0.29, 0.717) is 5.92 Å². The molecule has 6 heteroatoms. The molecule has 1 heterocycles. The van der Waals surface area contributed by atoms with Gasteiger partial charge >= 0.3 is 0 Å². The van der Waals surface area contributed by atoms with Crippen LogP contribution in [0.5, 0.6) is 0 Å². The molecule has 3 N–H and O–H groups in total. The second-order valence-electron chi connectivity index (χ2n) is 4.67. The van der Waals surface area contributed by atoms with Crippen LogP contribution in [0.4, 0.5) is 0 Å². The second kappa shape index (κ2) is 6.56. The number of nitrogens with two attached hydrogens (primary N) is 1. The Morgan fingerprint density at radius 3 is 2.76 bits per heavy atom. The molecule has 1 aliphatic heterocycles. The molecular weight excluding hydrogens is 220 g/mol. The van der Waals surface area contributed by atoms with Crippen LogP contribution in [0.3, 0.4) is 0 Å². The molecule has 0 spiro atoms. The van der Waals surface area contributed by atoms with E-state index < -0.39 is 0 Å². The minimum absolute atomic E-state index is 0.0368. The van der Waals surface area contributed by atoms with Gasteiger partial charge in [0.05, 0.1) is 13.1 Å². The van der Waals surface area contributed by atoms with Gasteiger partial charge in [0.1, 0.15) is 0 Å². The molecule has 0 aromatic carbocycles. The van der Waals surface area contributed by atoms with Crippen molar-refractivity contribution in [3.8, 4) is 0 Å². The van der Waals surface area contributed by atoms with Crippen LogP contribution in [0.25, 0.3) is 0 Å². The van der Waals surface area contributed by atoms with E-state index in [-0.39, 0.29) is 24.9 Å². The van der Waals surface area contributed by atoms with Crippen molar-refractivity contribution in [3.63, 3.8) is 0 Å². The molecule has 98 valence electrons. The maximum Gasteiger partial charge on any atom is 0.241 e. The van der Waals surface area contributed by atoms with Crippen molar-refractivity contribution in [1.82, 2.24) is 15.1 Å². The number of hydrogen-bond acceptors (Lipinski definition) is 4. The summed E-state index contributed by atoms with van der Waals surface area (Å²) in [5.41, 5.74) is 5.14. The summed E-state index contributed by atoms with van der Waals surface area (Å²) in [4.78, 5) is 26.5. The van der Waals surface area contributed by atoms with Gasteiger partial charge in [-0.3, -0.25) is 9.59 Å². The fraction of sp³-hybridized carbons (Fsp3) is 0.818. The average molecular weight is 242 g/mol. The molecule has 0 bridgehead atoms. The van der Waals surface area contributed by atoms with Crippen LogP contribution >= 0.6 is 0 Å². The first-order valence-electron chi connectivity index (χ1n) is 5.92. The summed E-state index contributed by atoms with van der Waals surface area (Å²) in [6, 6.07) is 0. The van der Waals surface area contributed by atoms with E-state index >= 15 is 0 Å². The zero-order valence-electron chi connectivity index (χ0n) is 10.6. The van der Waals surface area contributed by atoms with Gasteiger partial charge in [-0.25, -0.2) is 0 Å². The van der Waals surface area contributed by atoms with Crippen LogP contribution in [-0.2, 0) is 9.59 Å². The van der Waals surface area contributed by atoms with Crippen LogP contribution in [0.15, 0.2) is 0 Å². The van der Waals surface area contributed by atoms with Gasteiger partial charge in [-0.05, 0) is 25.9 Å². The maximum absolute atomic E-state index is 11.7. The number of nitrogens with one attached hydrogen (secondary N) is 1. The lowest BCUT2D eigenvalue weighted by Gasteiger charge is -2.21. The average Bonchev–Trinajstić information content (AvgIpc) is 2.70.